The number of hydrogen-bond acceptors (Lipinski definition) is 7. The van der Waals surface area contributed by atoms with Crippen LogP contribution in [-0.4, -0.2) is 99.6 Å². The number of carbonyl (C=O) groups is 3. The number of unbranched alkanes of at least 4 members (excludes halogenated alkanes) is 2. The number of hydrogen-bond donors (Lipinski definition) is 1. The first-order chi connectivity index (χ1) is 22.8. The highest BCUT2D eigenvalue weighted by molar-refractivity contribution is 9.09. The van der Waals surface area contributed by atoms with Crippen LogP contribution in [0.5, 0.6) is 0 Å². The zero-order chi connectivity index (χ0) is 33.1. The quantitative estimate of drug-likeness (QED) is 0.142. The fraction of sp³-hybridized carbons (Fsp3) is 0.457. The Morgan fingerprint density at radius 2 is 1.74 bits per heavy atom. The van der Waals surface area contributed by atoms with Gasteiger partial charge in [0.05, 0.1) is 22.1 Å². The number of aliphatic hydroxyl groups is 1. The molecule has 2 aromatic carbocycles. The number of alkyl halides is 1. The van der Waals surface area contributed by atoms with E-state index in [4.69, 9.17) is 0 Å². The summed E-state index contributed by atoms with van der Waals surface area (Å²) in [6, 6.07) is 16.6. The van der Waals surface area contributed by atoms with Gasteiger partial charge in [0, 0.05) is 42.9 Å². The maximum Gasteiger partial charge on any atom is 0.248 e. The number of rotatable bonds is 15. The first kappa shape index (κ1) is 33.4. The van der Waals surface area contributed by atoms with E-state index in [2.05, 4.69) is 39.4 Å². The molecule has 3 fully saturated rings. The molecular formula is C35H41BrN6O4S. The topological polar surface area (TPSA) is 112 Å². The average molecular weight is 722 g/mol. The summed E-state index contributed by atoms with van der Waals surface area (Å²) in [6.45, 7) is 9.44. The van der Waals surface area contributed by atoms with Crippen molar-refractivity contribution in [3.63, 3.8) is 0 Å². The Morgan fingerprint density at radius 1 is 1.02 bits per heavy atom. The van der Waals surface area contributed by atoms with E-state index >= 15 is 0 Å². The minimum atomic E-state index is -0.777. The monoisotopic (exact) mass is 720 g/mol. The van der Waals surface area contributed by atoms with Crippen LogP contribution in [0.25, 0.3) is 11.0 Å². The zero-order valence-electron chi connectivity index (χ0n) is 26.4. The van der Waals surface area contributed by atoms with Gasteiger partial charge in [-0.15, -0.1) is 30.0 Å². The summed E-state index contributed by atoms with van der Waals surface area (Å²) < 4.78 is 0.921. The predicted octanol–water partition coefficient (Wildman–Crippen LogP) is 4.25. The fourth-order valence-electron chi connectivity index (χ4n) is 7.63. The second-order valence-electron chi connectivity index (χ2n) is 12.5. The number of likely N-dealkylation sites (tertiary alicyclic amines) is 1. The van der Waals surface area contributed by atoms with E-state index in [0.29, 0.717) is 38.9 Å². The van der Waals surface area contributed by atoms with Crippen LogP contribution in [0.2, 0.25) is 0 Å². The van der Waals surface area contributed by atoms with Gasteiger partial charge in [0.15, 0.2) is 0 Å². The number of fused-ring (bicyclic) bond motifs is 2. The standard InChI is InChI=1S/C35H41BrN6O4S/c1-3-17-39(22-24-13-7-5-8-14-24)32(44)28-29-33(45)41(19-11-6-12-20-43)31(35(29)21-25(36)30(28)47-35)34(46)40(18-4-2)23-42-27-16-10-9-15-26(27)37-38-42/h3-5,7-10,13-16,25,28-31,43H,1-2,6,11-12,17-23H2/t25?,28-,29-,30-,31?,35?/m0/s1. The van der Waals surface area contributed by atoms with Gasteiger partial charge in [-0.3, -0.25) is 14.4 Å². The van der Waals surface area contributed by atoms with Crippen LogP contribution in [0.15, 0.2) is 79.9 Å². The van der Waals surface area contributed by atoms with Gasteiger partial charge in [0.2, 0.25) is 17.7 Å². The summed E-state index contributed by atoms with van der Waals surface area (Å²) in [5.41, 5.74) is 2.53. The van der Waals surface area contributed by atoms with Crippen molar-refractivity contribution in [3.8, 4) is 0 Å². The molecule has 1 aromatic heterocycles. The fourth-order valence-corrected chi connectivity index (χ4v) is 11.2. The highest BCUT2D eigenvalue weighted by Gasteiger charge is 2.76. The lowest BCUT2D eigenvalue weighted by Crippen LogP contribution is -2.56. The molecule has 3 aliphatic rings. The van der Waals surface area contributed by atoms with Crippen LogP contribution >= 0.6 is 27.7 Å². The molecule has 47 heavy (non-hydrogen) atoms. The van der Waals surface area contributed by atoms with E-state index in [9.17, 15) is 19.5 Å². The molecular weight excluding hydrogens is 680 g/mol. The molecule has 248 valence electrons. The molecule has 12 heteroatoms. The van der Waals surface area contributed by atoms with Gasteiger partial charge in [0.25, 0.3) is 0 Å². The SMILES string of the molecule is C=CCN(Cn1nnc2ccccc21)C(=O)C1N(CCCCCO)C(=O)[C@@H]2[C@H](C(=O)N(CC=C)Cc3ccccc3)[C@H]3SC12CC3Br. The largest absolute Gasteiger partial charge is 0.396 e. The Bertz CT molecular complexity index is 1640. The number of carbonyl (C=O) groups excluding carboxylic acids is 3. The number of benzene rings is 2. The molecule has 4 heterocycles. The molecule has 0 aliphatic carbocycles. The lowest BCUT2D eigenvalue weighted by Gasteiger charge is -2.38. The van der Waals surface area contributed by atoms with Crippen LogP contribution in [0.4, 0.5) is 0 Å². The van der Waals surface area contributed by atoms with Crippen LogP contribution < -0.4 is 0 Å². The number of amides is 3. The molecule has 3 aromatic rings. The van der Waals surface area contributed by atoms with Crippen molar-refractivity contribution in [2.24, 2.45) is 11.8 Å². The van der Waals surface area contributed by atoms with Crippen LogP contribution in [0.1, 0.15) is 31.2 Å². The van der Waals surface area contributed by atoms with E-state index in [1.165, 1.54) is 0 Å². The highest BCUT2D eigenvalue weighted by atomic mass is 79.9. The molecule has 3 aliphatic heterocycles. The van der Waals surface area contributed by atoms with Crippen molar-refractivity contribution in [2.75, 3.05) is 26.2 Å². The van der Waals surface area contributed by atoms with Crippen molar-refractivity contribution in [3.05, 3.63) is 85.5 Å². The van der Waals surface area contributed by atoms with Gasteiger partial charge in [-0.2, -0.15) is 0 Å². The second-order valence-corrected chi connectivity index (χ2v) is 15.3. The number of halogens is 1. The summed E-state index contributed by atoms with van der Waals surface area (Å²) in [4.78, 5) is 49.2. The smallest absolute Gasteiger partial charge is 0.248 e. The normalized spacial score (nSPS) is 26.0. The third-order valence-electron chi connectivity index (χ3n) is 9.63. The second kappa shape index (κ2) is 14.3. The van der Waals surface area contributed by atoms with E-state index in [1.54, 1.807) is 43.3 Å². The Kier molecular flexibility index (Phi) is 10.2. The summed E-state index contributed by atoms with van der Waals surface area (Å²) >= 11 is 5.53. The lowest BCUT2D eigenvalue weighted by molar-refractivity contribution is -0.145. The molecule has 0 radical (unpaired) electrons. The van der Waals surface area contributed by atoms with Gasteiger partial charge < -0.3 is 19.8 Å². The minimum absolute atomic E-state index is 0.0374. The van der Waals surface area contributed by atoms with E-state index in [1.807, 2.05) is 54.6 Å². The molecule has 3 unspecified atom stereocenters. The van der Waals surface area contributed by atoms with Crippen molar-refractivity contribution in [2.45, 2.75) is 59.8 Å². The molecule has 3 amide bonds. The van der Waals surface area contributed by atoms with Crippen LogP contribution in [0.3, 0.4) is 0 Å². The van der Waals surface area contributed by atoms with E-state index < -0.39 is 22.6 Å². The van der Waals surface area contributed by atoms with E-state index in [-0.39, 0.29) is 47.6 Å². The van der Waals surface area contributed by atoms with E-state index in [0.717, 1.165) is 23.0 Å². The van der Waals surface area contributed by atoms with Crippen molar-refractivity contribution in [1.82, 2.24) is 29.7 Å². The molecule has 2 bridgehead atoms. The maximum atomic E-state index is 14.9. The zero-order valence-corrected chi connectivity index (χ0v) is 28.8. The minimum Gasteiger partial charge on any atom is -0.396 e. The Hall–Kier alpha value is -3.48. The Morgan fingerprint density at radius 3 is 2.49 bits per heavy atom. The summed E-state index contributed by atoms with van der Waals surface area (Å²) in [5, 5.41) is 17.8. The summed E-state index contributed by atoms with van der Waals surface area (Å²) in [5.74, 6) is -1.62. The Labute approximate surface area is 288 Å². The molecule has 0 saturated carbocycles. The van der Waals surface area contributed by atoms with Gasteiger partial charge in [-0.05, 0) is 43.4 Å². The first-order valence-corrected chi connectivity index (χ1v) is 18.0. The van der Waals surface area contributed by atoms with Gasteiger partial charge in [-0.1, -0.05) is 75.8 Å². The lowest BCUT2D eigenvalue weighted by atomic mass is 9.70. The summed E-state index contributed by atoms with van der Waals surface area (Å²) in [7, 11) is 0. The first-order valence-electron chi connectivity index (χ1n) is 16.2. The number of para-hydroxylation sites is 1. The number of thioether (sulfide) groups is 1. The van der Waals surface area contributed by atoms with Gasteiger partial charge in [-0.25, -0.2) is 4.68 Å². The van der Waals surface area contributed by atoms with Crippen molar-refractivity contribution >= 4 is 56.4 Å². The highest BCUT2D eigenvalue weighted by Crippen LogP contribution is 2.68. The van der Waals surface area contributed by atoms with Gasteiger partial charge >= 0.3 is 0 Å². The maximum absolute atomic E-state index is 14.9. The van der Waals surface area contributed by atoms with Crippen molar-refractivity contribution < 1.29 is 19.5 Å². The summed E-state index contributed by atoms with van der Waals surface area (Å²) in [6.07, 6.45) is 6.00. The van der Waals surface area contributed by atoms with Gasteiger partial charge in [0.1, 0.15) is 18.2 Å². The molecule has 10 nitrogen and oxygen atoms in total. The average Bonchev–Trinajstić information content (AvgIpc) is 3.80. The molecule has 6 atom stereocenters. The van der Waals surface area contributed by atoms with Crippen LogP contribution in [-0.2, 0) is 27.6 Å². The number of nitrogens with zero attached hydrogens (tertiary/aromatic N) is 6. The van der Waals surface area contributed by atoms with Crippen molar-refractivity contribution in [1.29, 1.82) is 0 Å². The molecule has 3 saturated heterocycles. The molecule has 1 spiro atoms. The predicted molar refractivity (Wildman–Crippen MR) is 186 cm³/mol. The third-order valence-corrected chi connectivity index (χ3v) is 12.8. The Balaban J connectivity index is 1.35. The number of aromatic nitrogens is 3. The number of aliphatic hydroxyl groups excluding tert-OH is 1. The molecule has 6 rings (SSSR count). The molecule has 1 N–H and O–H groups in total. The third kappa shape index (κ3) is 6.15. The van der Waals surface area contributed by atoms with Crippen LogP contribution in [0, 0.1) is 11.8 Å².